The van der Waals surface area contributed by atoms with E-state index < -0.39 is 23.1 Å². The van der Waals surface area contributed by atoms with Gasteiger partial charge >= 0.3 is 0 Å². The molecule has 0 unspecified atom stereocenters. The minimum absolute atomic E-state index is 0.0767. The Balaban J connectivity index is 1.39. The zero-order valence-corrected chi connectivity index (χ0v) is 18.6. The Morgan fingerprint density at radius 2 is 1.85 bits per heavy atom. The number of nitrogens with zero attached hydrogens (tertiary/aromatic N) is 4. The predicted molar refractivity (Wildman–Crippen MR) is 117 cm³/mol. The van der Waals surface area contributed by atoms with E-state index in [0.29, 0.717) is 36.5 Å². The van der Waals surface area contributed by atoms with Crippen LogP contribution in [0.2, 0.25) is 0 Å². The van der Waals surface area contributed by atoms with Crippen LogP contribution in [0.3, 0.4) is 0 Å². The van der Waals surface area contributed by atoms with E-state index in [0.717, 1.165) is 24.8 Å². The van der Waals surface area contributed by atoms with Gasteiger partial charge in [-0.25, -0.2) is 4.39 Å². The summed E-state index contributed by atoms with van der Waals surface area (Å²) in [7, 11) is 0. The molecule has 1 amide bonds. The molecule has 2 aliphatic heterocycles. The van der Waals surface area contributed by atoms with Gasteiger partial charge in [0.05, 0.1) is 17.8 Å². The molecular weight excluding hydrogens is 443 g/mol. The van der Waals surface area contributed by atoms with Crippen LogP contribution < -0.4 is 15.8 Å². The fraction of sp³-hybridized carbons (Fsp3) is 0.500. The molecule has 2 aromatic rings. The largest absolute Gasteiger partial charge is 0.867 e. The highest BCUT2D eigenvalue weighted by molar-refractivity contribution is 5.98. The van der Waals surface area contributed by atoms with E-state index in [9.17, 15) is 29.4 Å². The van der Waals surface area contributed by atoms with Crippen molar-refractivity contribution in [1.29, 1.82) is 0 Å². The maximum absolute atomic E-state index is 13.6. The lowest BCUT2D eigenvalue weighted by molar-refractivity contribution is -0.271. The summed E-state index contributed by atoms with van der Waals surface area (Å²) >= 11 is 0. The number of hydrogen-bond acceptors (Lipinski definition) is 7. The number of benzene rings is 1. The lowest BCUT2D eigenvalue weighted by atomic mass is 9.80. The van der Waals surface area contributed by atoms with Crippen molar-refractivity contribution in [1.82, 2.24) is 14.5 Å². The fourth-order valence-corrected chi connectivity index (χ4v) is 5.54. The number of hydrazine groups is 1. The molecule has 2 fully saturated rings. The molecule has 34 heavy (non-hydrogen) atoms. The summed E-state index contributed by atoms with van der Waals surface area (Å²) in [5.41, 5.74) is -0.745. The summed E-state index contributed by atoms with van der Waals surface area (Å²) in [6.45, 7) is 0.638. The Labute approximate surface area is 195 Å². The quantitative estimate of drug-likeness (QED) is 0.683. The molecule has 2 aliphatic carbocycles. The average Bonchev–Trinajstić information content (AvgIpc) is 3.59. The van der Waals surface area contributed by atoms with Crippen molar-refractivity contribution in [2.45, 2.75) is 56.8 Å². The van der Waals surface area contributed by atoms with Crippen LogP contribution in [-0.4, -0.2) is 49.4 Å². The molecule has 180 valence electrons. The number of anilines is 1. The van der Waals surface area contributed by atoms with Crippen molar-refractivity contribution in [2.75, 3.05) is 18.3 Å². The van der Waals surface area contributed by atoms with Crippen LogP contribution in [-0.2, 0) is 13.0 Å². The van der Waals surface area contributed by atoms with Gasteiger partial charge in [-0.1, -0.05) is 12.1 Å². The number of fused-ring (bicyclic) bond motifs is 3. The minimum Gasteiger partial charge on any atom is -0.867 e. The number of amides is 1. The molecule has 2 N–H and O–H groups in total. The van der Waals surface area contributed by atoms with Gasteiger partial charge in [0.25, 0.3) is 5.91 Å². The van der Waals surface area contributed by atoms with Gasteiger partial charge in [0.15, 0.2) is 0 Å². The summed E-state index contributed by atoms with van der Waals surface area (Å²) < 4.78 is 14.6. The van der Waals surface area contributed by atoms with Crippen molar-refractivity contribution in [2.24, 2.45) is 5.92 Å². The van der Waals surface area contributed by atoms with Gasteiger partial charge < -0.3 is 15.1 Å². The summed E-state index contributed by atoms with van der Waals surface area (Å²) in [6, 6.07) is 5.80. The molecule has 2 saturated carbocycles. The van der Waals surface area contributed by atoms with E-state index in [2.05, 4.69) is 0 Å². The van der Waals surface area contributed by atoms with Crippen LogP contribution in [0.1, 0.15) is 59.9 Å². The molecule has 10 heteroatoms. The van der Waals surface area contributed by atoms with Gasteiger partial charge in [0.2, 0.25) is 5.56 Å². The van der Waals surface area contributed by atoms with E-state index in [4.69, 9.17) is 0 Å². The first-order valence-corrected chi connectivity index (χ1v) is 11.8. The van der Waals surface area contributed by atoms with Crippen LogP contribution in [0.25, 0.3) is 0 Å². The second kappa shape index (κ2) is 7.53. The van der Waals surface area contributed by atoms with Gasteiger partial charge in [0.1, 0.15) is 17.7 Å². The zero-order chi connectivity index (χ0) is 23.8. The van der Waals surface area contributed by atoms with Gasteiger partial charge in [-0.05, 0) is 67.9 Å². The molecule has 9 nitrogen and oxygen atoms in total. The normalized spacial score (nSPS) is 23.6. The number of halogens is 1. The third-order valence-electron chi connectivity index (χ3n) is 7.65. The molecule has 3 heterocycles. The first-order valence-electron chi connectivity index (χ1n) is 11.8. The van der Waals surface area contributed by atoms with Crippen LogP contribution >= 0.6 is 0 Å². The minimum atomic E-state index is -0.955. The Hall–Kier alpha value is -2.95. The third-order valence-corrected chi connectivity index (χ3v) is 7.65. The van der Waals surface area contributed by atoms with Gasteiger partial charge in [-0.2, -0.15) is 10.2 Å². The number of carbonyl (C=O) groups excluding carboxylic acids is 1. The topological polar surface area (TPSA) is 112 Å². The first-order chi connectivity index (χ1) is 16.3. The summed E-state index contributed by atoms with van der Waals surface area (Å²) in [5, 5.41) is 37.0. The van der Waals surface area contributed by atoms with Crippen molar-refractivity contribution in [3.05, 3.63) is 57.3 Å². The molecule has 4 aliphatic rings. The Morgan fingerprint density at radius 3 is 2.47 bits per heavy atom. The summed E-state index contributed by atoms with van der Waals surface area (Å²) in [4.78, 5) is 28.5. The second-order valence-electron chi connectivity index (χ2n) is 10.00. The molecule has 1 atom stereocenters. The number of aliphatic hydroxyl groups is 1. The van der Waals surface area contributed by atoms with Crippen LogP contribution in [0.15, 0.2) is 29.1 Å². The number of hydrogen-bond donors (Lipinski definition) is 2. The maximum Gasteiger partial charge on any atom is 0.272 e. The molecule has 0 bridgehead atoms. The van der Waals surface area contributed by atoms with E-state index in [1.54, 1.807) is 17.0 Å². The lowest BCUT2D eigenvalue weighted by Gasteiger charge is -2.41. The van der Waals surface area contributed by atoms with Gasteiger partial charge in [-0.15, -0.1) is 0 Å². The number of rotatable bonds is 5. The molecule has 0 radical (unpaired) electrons. The molecular formula is C24H26FN4O5-. The van der Waals surface area contributed by atoms with Crippen molar-refractivity contribution < 1.29 is 24.6 Å². The smallest absolute Gasteiger partial charge is 0.272 e. The van der Waals surface area contributed by atoms with Crippen LogP contribution in [0, 0.1) is 11.7 Å². The Morgan fingerprint density at radius 1 is 1.15 bits per heavy atom. The molecule has 0 saturated heterocycles. The summed E-state index contributed by atoms with van der Waals surface area (Å²) in [5.74, 6) is -1.52. The molecule has 6 rings (SSSR count). The Bertz CT molecular complexity index is 1220. The number of pyridine rings is 1. The second-order valence-corrected chi connectivity index (χ2v) is 10.00. The first kappa shape index (κ1) is 21.6. The van der Waals surface area contributed by atoms with Crippen molar-refractivity contribution in [3.8, 4) is 5.75 Å². The number of carbonyl (C=O) groups is 1. The van der Waals surface area contributed by atoms with Crippen molar-refractivity contribution in [3.63, 3.8) is 0 Å². The third kappa shape index (κ3) is 3.24. The Kier molecular flexibility index (Phi) is 4.78. The highest BCUT2D eigenvalue weighted by Crippen LogP contribution is 2.49. The molecule has 1 aromatic carbocycles. The number of aromatic nitrogens is 1. The van der Waals surface area contributed by atoms with Gasteiger partial charge in [-0.3, -0.25) is 19.4 Å². The molecule has 1 aromatic heterocycles. The fourth-order valence-electron chi connectivity index (χ4n) is 5.54. The van der Waals surface area contributed by atoms with E-state index in [1.807, 2.05) is 0 Å². The van der Waals surface area contributed by atoms with Crippen molar-refractivity contribution >= 4 is 11.6 Å². The highest BCUT2D eigenvalue weighted by Gasteiger charge is 2.51. The van der Waals surface area contributed by atoms with E-state index in [1.165, 1.54) is 21.7 Å². The standard InChI is InChI=1S/C24H27FN4O5/c25-16-6-2-14(3-7-16)12-26-11-8-17-18(29(26)34)20(30)23(32)28-19(17)22(31)27(21(28)15-4-5-15)13-24(33)9-1-10-24/h2-3,6-7,15,21,30,33-34H,1,4-5,8-13H2/p-1/t21-/m1/s1. The SMILES string of the molecule is O=C1c2c3c(c([O-])c(=O)n2[C@H](C2CC2)N1CC1(O)CCC1)N(O)N(Cc1ccc(F)cc1)CC3. The summed E-state index contributed by atoms with van der Waals surface area (Å²) in [6.07, 6.45) is 3.52. The predicted octanol–water partition coefficient (Wildman–Crippen LogP) is 1.51. The average molecular weight is 469 g/mol. The lowest BCUT2D eigenvalue weighted by Crippen LogP contribution is -2.50. The monoisotopic (exact) mass is 469 g/mol. The van der Waals surface area contributed by atoms with E-state index in [-0.39, 0.29) is 42.1 Å². The number of β-amino-alcohol motifs (C(OH)–C–C–N with tert-alkyl or cyclic N) is 1. The van der Waals surface area contributed by atoms with Crippen LogP contribution in [0.4, 0.5) is 10.1 Å². The maximum atomic E-state index is 13.6. The highest BCUT2D eigenvalue weighted by atomic mass is 19.1. The molecule has 0 spiro atoms. The zero-order valence-electron chi connectivity index (χ0n) is 18.6. The van der Waals surface area contributed by atoms with E-state index >= 15 is 0 Å². The van der Waals surface area contributed by atoms with Crippen LogP contribution in [0.5, 0.6) is 5.75 Å². The van der Waals surface area contributed by atoms with Gasteiger partial charge in [0, 0.05) is 18.7 Å².